The van der Waals surface area contributed by atoms with Crippen molar-refractivity contribution in [2.24, 2.45) is 0 Å². The summed E-state index contributed by atoms with van der Waals surface area (Å²) in [5.41, 5.74) is 0. The number of piperazine rings is 1. The Balaban J connectivity index is 1.96. The number of thioether (sulfide) groups is 1. The van der Waals surface area contributed by atoms with Crippen LogP contribution in [0.5, 0.6) is 0 Å². The first-order valence-electron chi connectivity index (χ1n) is 9.93. The summed E-state index contributed by atoms with van der Waals surface area (Å²) in [5.74, 6) is 1.18. The second-order valence-corrected chi connectivity index (χ2v) is 8.29. The predicted molar refractivity (Wildman–Crippen MR) is 114 cm³/mol. The third-order valence-corrected chi connectivity index (χ3v) is 5.62. The number of carbonyl (C=O) groups is 2. The number of aromatic nitrogens is 2. The van der Waals surface area contributed by atoms with Gasteiger partial charge in [0.25, 0.3) is 0 Å². The van der Waals surface area contributed by atoms with Gasteiger partial charge in [-0.3, -0.25) is 9.59 Å². The molecule has 0 radical (unpaired) electrons. The van der Waals surface area contributed by atoms with Gasteiger partial charge in [0.05, 0.1) is 5.75 Å². The minimum absolute atomic E-state index is 0.0275. The smallest absolute Gasteiger partial charge is 0.230 e. The van der Waals surface area contributed by atoms with Gasteiger partial charge in [-0.05, 0) is 19.8 Å². The second-order valence-electron chi connectivity index (χ2n) is 6.96. The van der Waals surface area contributed by atoms with Gasteiger partial charge in [-0.25, -0.2) is 9.97 Å². The summed E-state index contributed by atoms with van der Waals surface area (Å²) in [6.07, 6.45) is 3.47. The Hall–Kier alpha value is -1.54. The molecular weight excluding hydrogens is 398 g/mol. The molecule has 1 saturated heterocycles. The SMILES string of the molecule is CCCCNC(=O)CSc1nc(Cl)cc(N2CCN(C(=O)CCC)C(C)C2)n1. The number of hydrogen-bond acceptors (Lipinski definition) is 6. The molecule has 0 spiro atoms. The van der Waals surface area contributed by atoms with Crippen LogP contribution in [0, 0.1) is 0 Å². The van der Waals surface area contributed by atoms with Crippen molar-refractivity contribution in [3.05, 3.63) is 11.2 Å². The molecule has 2 rings (SSSR count). The zero-order valence-corrected chi connectivity index (χ0v) is 18.5. The van der Waals surface area contributed by atoms with Crippen molar-refractivity contribution < 1.29 is 9.59 Å². The molecule has 1 atom stereocenters. The topological polar surface area (TPSA) is 78.4 Å². The fraction of sp³-hybridized carbons (Fsp3) is 0.684. The number of halogens is 1. The Morgan fingerprint density at radius 3 is 2.75 bits per heavy atom. The van der Waals surface area contributed by atoms with Gasteiger partial charge in [0.15, 0.2) is 5.16 Å². The number of nitrogens with zero attached hydrogens (tertiary/aromatic N) is 4. The first-order valence-corrected chi connectivity index (χ1v) is 11.3. The van der Waals surface area contributed by atoms with Gasteiger partial charge in [-0.2, -0.15) is 0 Å². The third kappa shape index (κ3) is 6.81. The first-order chi connectivity index (χ1) is 13.4. The van der Waals surface area contributed by atoms with Gasteiger partial charge >= 0.3 is 0 Å². The number of anilines is 1. The summed E-state index contributed by atoms with van der Waals surface area (Å²) in [6.45, 7) is 8.92. The van der Waals surface area contributed by atoms with Crippen molar-refractivity contribution in [1.29, 1.82) is 0 Å². The molecule has 1 aromatic rings. The Morgan fingerprint density at radius 1 is 1.29 bits per heavy atom. The van der Waals surface area contributed by atoms with E-state index in [2.05, 4.69) is 34.0 Å². The lowest BCUT2D eigenvalue weighted by molar-refractivity contribution is -0.133. The number of rotatable bonds is 9. The maximum atomic E-state index is 12.2. The van der Waals surface area contributed by atoms with Crippen LogP contribution in [-0.2, 0) is 9.59 Å². The van der Waals surface area contributed by atoms with Crippen LogP contribution in [0.2, 0.25) is 5.15 Å². The van der Waals surface area contributed by atoms with Gasteiger partial charge in [-0.1, -0.05) is 43.6 Å². The Morgan fingerprint density at radius 2 is 2.07 bits per heavy atom. The number of unbranched alkanes of at least 4 members (excludes halogenated alkanes) is 1. The number of amides is 2. The van der Waals surface area contributed by atoms with Crippen molar-refractivity contribution >= 4 is 41.0 Å². The van der Waals surface area contributed by atoms with E-state index in [1.54, 1.807) is 6.07 Å². The van der Waals surface area contributed by atoms with Gasteiger partial charge in [-0.15, -0.1) is 0 Å². The van der Waals surface area contributed by atoms with Gasteiger partial charge in [0, 0.05) is 44.7 Å². The van der Waals surface area contributed by atoms with Crippen LogP contribution >= 0.6 is 23.4 Å². The standard InChI is InChI=1S/C19H30ClN5O2S/c1-4-6-8-21-17(26)13-28-19-22-15(20)11-16(23-19)24-9-10-25(14(3)12-24)18(27)7-5-2/h11,14H,4-10,12-13H2,1-3H3,(H,21,26). The summed E-state index contributed by atoms with van der Waals surface area (Å²) in [4.78, 5) is 37.0. The number of carbonyl (C=O) groups excluding carboxylic acids is 2. The molecule has 9 heteroatoms. The van der Waals surface area contributed by atoms with Crippen LogP contribution in [0.1, 0.15) is 46.5 Å². The maximum Gasteiger partial charge on any atom is 0.230 e. The van der Waals surface area contributed by atoms with Gasteiger partial charge in [0.1, 0.15) is 11.0 Å². The lowest BCUT2D eigenvalue weighted by Gasteiger charge is -2.40. The van der Waals surface area contributed by atoms with E-state index in [4.69, 9.17) is 11.6 Å². The molecule has 0 bridgehead atoms. The average molecular weight is 428 g/mol. The largest absolute Gasteiger partial charge is 0.355 e. The summed E-state index contributed by atoms with van der Waals surface area (Å²) < 4.78 is 0. The molecule has 28 heavy (non-hydrogen) atoms. The third-order valence-electron chi connectivity index (χ3n) is 4.58. The van der Waals surface area contributed by atoms with E-state index in [1.807, 2.05) is 11.8 Å². The highest BCUT2D eigenvalue weighted by atomic mass is 35.5. The van der Waals surface area contributed by atoms with E-state index in [1.165, 1.54) is 11.8 Å². The predicted octanol–water partition coefficient (Wildman–Crippen LogP) is 2.98. The van der Waals surface area contributed by atoms with Crippen LogP contribution in [-0.4, -0.2) is 64.7 Å². The van der Waals surface area contributed by atoms with Crippen LogP contribution in [0.15, 0.2) is 11.2 Å². The van der Waals surface area contributed by atoms with Crippen molar-refractivity contribution in [1.82, 2.24) is 20.2 Å². The highest BCUT2D eigenvalue weighted by Gasteiger charge is 2.28. The van der Waals surface area contributed by atoms with Crippen LogP contribution in [0.3, 0.4) is 0 Å². The van der Waals surface area contributed by atoms with Gasteiger partial charge < -0.3 is 15.1 Å². The molecule has 1 N–H and O–H groups in total. The fourth-order valence-electron chi connectivity index (χ4n) is 3.09. The van der Waals surface area contributed by atoms with Crippen molar-refractivity contribution in [3.8, 4) is 0 Å². The average Bonchev–Trinajstić information content (AvgIpc) is 2.66. The van der Waals surface area contributed by atoms with E-state index >= 15 is 0 Å². The van der Waals surface area contributed by atoms with Crippen LogP contribution < -0.4 is 10.2 Å². The second kappa shape index (κ2) is 11.5. The molecule has 0 aliphatic carbocycles. The monoisotopic (exact) mass is 427 g/mol. The number of hydrogen-bond donors (Lipinski definition) is 1. The van der Waals surface area contributed by atoms with E-state index in [0.717, 1.165) is 25.1 Å². The Bertz CT molecular complexity index is 676. The zero-order valence-electron chi connectivity index (χ0n) is 16.9. The summed E-state index contributed by atoms with van der Waals surface area (Å²) in [6, 6.07) is 1.85. The molecule has 2 amide bonds. The molecule has 1 aromatic heterocycles. The first kappa shape index (κ1) is 22.7. The molecule has 156 valence electrons. The molecule has 1 fully saturated rings. The van der Waals surface area contributed by atoms with E-state index in [9.17, 15) is 9.59 Å². The van der Waals surface area contributed by atoms with Crippen LogP contribution in [0.25, 0.3) is 0 Å². The van der Waals surface area contributed by atoms with E-state index in [-0.39, 0.29) is 23.6 Å². The zero-order chi connectivity index (χ0) is 20.5. The molecule has 1 aliphatic rings. The summed E-state index contributed by atoms with van der Waals surface area (Å²) in [5, 5.41) is 3.73. The molecular formula is C19H30ClN5O2S. The quantitative estimate of drug-likeness (QED) is 0.282. The van der Waals surface area contributed by atoms with E-state index < -0.39 is 0 Å². The van der Waals surface area contributed by atoms with Crippen molar-refractivity contribution in [2.45, 2.75) is 57.7 Å². The Kier molecular flexibility index (Phi) is 9.31. The minimum atomic E-state index is -0.0275. The number of nitrogens with one attached hydrogen (secondary N) is 1. The summed E-state index contributed by atoms with van der Waals surface area (Å²) >= 11 is 7.47. The highest BCUT2D eigenvalue weighted by Crippen LogP contribution is 2.24. The molecule has 2 heterocycles. The molecule has 1 aliphatic heterocycles. The minimum Gasteiger partial charge on any atom is -0.355 e. The normalized spacial score (nSPS) is 16.9. The molecule has 7 nitrogen and oxygen atoms in total. The fourth-order valence-corrected chi connectivity index (χ4v) is 4.00. The molecule has 1 unspecified atom stereocenters. The van der Waals surface area contributed by atoms with Gasteiger partial charge in [0.2, 0.25) is 11.8 Å². The molecule has 0 aromatic carbocycles. The van der Waals surface area contributed by atoms with Crippen molar-refractivity contribution in [2.75, 3.05) is 36.8 Å². The van der Waals surface area contributed by atoms with Crippen LogP contribution in [0.4, 0.5) is 5.82 Å². The lowest BCUT2D eigenvalue weighted by Crippen LogP contribution is -2.54. The highest BCUT2D eigenvalue weighted by molar-refractivity contribution is 7.99. The maximum absolute atomic E-state index is 12.2. The lowest BCUT2D eigenvalue weighted by atomic mass is 10.1. The Labute approximate surface area is 176 Å². The van der Waals surface area contributed by atoms with E-state index in [0.29, 0.717) is 42.9 Å². The van der Waals surface area contributed by atoms with Crippen molar-refractivity contribution in [3.63, 3.8) is 0 Å². The summed E-state index contributed by atoms with van der Waals surface area (Å²) in [7, 11) is 0. The molecule has 0 saturated carbocycles.